The molecule has 3 aromatic carbocycles. The minimum absolute atomic E-state index is 0.0993. The average molecular weight is 576 g/mol. The lowest BCUT2D eigenvalue weighted by Gasteiger charge is -2.26. The molecule has 0 spiro atoms. The van der Waals surface area contributed by atoms with Crippen LogP contribution >= 0.6 is 0 Å². The lowest BCUT2D eigenvalue weighted by atomic mass is 9.99. The van der Waals surface area contributed by atoms with Gasteiger partial charge < -0.3 is 34.5 Å². The lowest BCUT2D eigenvalue weighted by Crippen LogP contribution is -2.31. The van der Waals surface area contributed by atoms with Crippen molar-refractivity contribution in [3.05, 3.63) is 59.7 Å². The Labute approximate surface area is 248 Å². The van der Waals surface area contributed by atoms with Gasteiger partial charge in [-0.1, -0.05) is 12.5 Å². The molecular formula is C33H41N3O6. The zero-order valence-corrected chi connectivity index (χ0v) is 25.2. The second kappa shape index (κ2) is 14.6. The third-order valence-electron chi connectivity index (χ3n) is 7.41. The van der Waals surface area contributed by atoms with Crippen LogP contribution in [-0.2, 0) is 0 Å². The fourth-order valence-electron chi connectivity index (χ4n) is 5.21. The van der Waals surface area contributed by atoms with Gasteiger partial charge in [0.2, 0.25) is 0 Å². The monoisotopic (exact) mass is 575 g/mol. The molecule has 9 nitrogen and oxygen atoms in total. The van der Waals surface area contributed by atoms with E-state index in [1.54, 1.807) is 37.4 Å². The number of benzene rings is 3. The summed E-state index contributed by atoms with van der Waals surface area (Å²) in [4.78, 5) is 27.5. The number of aryl methyl sites for hydroxylation is 1. The molecule has 1 saturated heterocycles. The van der Waals surface area contributed by atoms with Crippen LogP contribution in [0.3, 0.4) is 0 Å². The largest absolute Gasteiger partial charge is 0.496 e. The number of methoxy groups -OCH3 is 3. The number of hydrogen-bond acceptors (Lipinski definition) is 7. The Kier molecular flexibility index (Phi) is 10.7. The van der Waals surface area contributed by atoms with E-state index in [9.17, 15) is 9.59 Å². The first-order chi connectivity index (χ1) is 20.3. The van der Waals surface area contributed by atoms with Crippen LogP contribution in [0.5, 0.6) is 23.0 Å². The maximum atomic E-state index is 13.0. The summed E-state index contributed by atoms with van der Waals surface area (Å²) in [5.41, 5.74) is 3.95. The summed E-state index contributed by atoms with van der Waals surface area (Å²) < 4.78 is 22.6. The summed E-state index contributed by atoms with van der Waals surface area (Å²) in [6, 6.07) is 14.0. The van der Waals surface area contributed by atoms with Crippen molar-refractivity contribution in [3.63, 3.8) is 0 Å². The molecule has 0 atom stereocenters. The second-order valence-corrected chi connectivity index (χ2v) is 10.4. The Bertz CT molecular complexity index is 1400. The normalized spacial score (nSPS) is 13.3. The molecule has 1 fully saturated rings. The predicted octanol–water partition coefficient (Wildman–Crippen LogP) is 6.79. The van der Waals surface area contributed by atoms with Gasteiger partial charge in [0.05, 0.1) is 33.5 Å². The van der Waals surface area contributed by atoms with Crippen molar-refractivity contribution in [2.24, 2.45) is 0 Å². The fourth-order valence-corrected chi connectivity index (χ4v) is 5.21. The number of carbonyl (C=O) groups excluding carboxylic acids is 2. The Hall–Kier alpha value is -4.24. The second-order valence-electron chi connectivity index (χ2n) is 10.4. The molecule has 0 bridgehead atoms. The molecule has 2 amide bonds. The number of piperidine rings is 1. The van der Waals surface area contributed by atoms with Crippen molar-refractivity contribution in [2.45, 2.75) is 39.5 Å². The number of carbonyl (C=O) groups is 2. The molecular weight excluding hydrogens is 534 g/mol. The highest BCUT2D eigenvalue weighted by Crippen LogP contribution is 2.42. The van der Waals surface area contributed by atoms with Crippen LogP contribution in [0, 0.1) is 6.92 Å². The number of ether oxygens (including phenoxy) is 4. The van der Waals surface area contributed by atoms with E-state index < -0.39 is 6.03 Å². The Morgan fingerprint density at radius 2 is 1.62 bits per heavy atom. The maximum Gasteiger partial charge on any atom is 0.323 e. The fraction of sp³-hybridized carbons (Fsp3) is 0.394. The number of rotatable bonds is 12. The molecule has 3 aromatic rings. The number of anilines is 2. The topological polar surface area (TPSA) is 98.4 Å². The van der Waals surface area contributed by atoms with Crippen LogP contribution in [0.25, 0.3) is 11.1 Å². The quantitative estimate of drug-likeness (QED) is 0.181. The zero-order chi connectivity index (χ0) is 30.1. The number of Topliss-reactive ketones (excluding diaryl/α,β-unsaturated/α-hetero) is 1. The van der Waals surface area contributed by atoms with E-state index in [-0.39, 0.29) is 5.78 Å². The van der Waals surface area contributed by atoms with E-state index in [2.05, 4.69) is 15.5 Å². The number of nitrogens with zero attached hydrogens (tertiary/aromatic N) is 1. The highest BCUT2D eigenvalue weighted by molar-refractivity contribution is 6.01. The summed E-state index contributed by atoms with van der Waals surface area (Å²) >= 11 is 0. The van der Waals surface area contributed by atoms with Gasteiger partial charge in [-0.3, -0.25) is 4.79 Å². The first-order valence-electron chi connectivity index (χ1n) is 14.3. The van der Waals surface area contributed by atoms with Crippen molar-refractivity contribution < 1.29 is 28.5 Å². The Balaban J connectivity index is 1.43. The third-order valence-corrected chi connectivity index (χ3v) is 7.41. The summed E-state index contributed by atoms with van der Waals surface area (Å²) in [5, 5.41) is 5.81. The third kappa shape index (κ3) is 7.73. The lowest BCUT2D eigenvalue weighted by molar-refractivity contribution is 0.101. The minimum atomic E-state index is -0.407. The van der Waals surface area contributed by atoms with Gasteiger partial charge in [0.25, 0.3) is 0 Å². The van der Waals surface area contributed by atoms with Crippen LogP contribution in [0.4, 0.5) is 16.2 Å². The molecule has 2 N–H and O–H groups in total. The van der Waals surface area contributed by atoms with E-state index >= 15 is 0 Å². The number of amides is 2. The van der Waals surface area contributed by atoms with Crippen LogP contribution in [0.2, 0.25) is 0 Å². The molecule has 1 aliphatic heterocycles. The number of ketones is 1. The first kappa shape index (κ1) is 30.7. The number of urea groups is 1. The van der Waals surface area contributed by atoms with Crippen LogP contribution in [-0.4, -0.2) is 64.3 Å². The molecule has 0 saturated carbocycles. The van der Waals surface area contributed by atoms with Gasteiger partial charge in [0.1, 0.15) is 11.5 Å². The van der Waals surface area contributed by atoms with Gasteiger partial charge in [-0.15, -0.1) is 0 Å². The van der Waals surface area contributed by atoms with Gasteiger partial charge in [0, 0.05) is 29.5 Å². The van der Waals surface area contributed by atoms with Gasteiger partial charge in [0.15, 0.2) is 17.3 Å². The molecule has 42 heavy (non-hydrogen) atoms. The van der Waals surface area contributed by atoms with Crippen molar-refractivity contribution in [1.82, 2.24) is 4.90 Å². The molecule has 9 heteroatoms. The smallest absolute Gasteiger partial charge is 0.323 e. The molecule has 0 aliphatic carbocycles. The zero-order valence-electron chi connectivity index (χ0n) is 25.2. The maximum absolute atomic E-state index is 13.0. The summed E-state index contributed by atoms with van der Waals surface area (Å²) in [7, 11) is 4.60. The SMILES string of the molecule is COc1cc(-c2cc(NC(=O)Nc3ccc(OCCCN4CCCCC4)cc3C)cc(OC)c2OC)ccc1C(C)=O. The molecule has 1 heterocycles. The molecule has 224 valence electrons. The predicted molar refractivity (Wildman–Crippen MR) is 166 cm³/mol. The van der Waals surface area contributed by atoms with Crippen molar-refractivity contribution in [2.75, 3.05) is 58.2 Å². The van der Waals surface area contributed by atoms with E-state index in [0.717, 1.165) is 29.8 Å². The van der Waals surface area contributed by atoms with Gasteiger partial charge >= 0.3 is 6.03 Å². The first-order valence-corrected chi connectivity index (χ1v) is 14.3. The van der Waals surface area contributed by atoms with E-state index in [0.29, 0.717) is 46.4 Å². The highest BCUT2D eigenvalue weighted by atomic mass is 16.5. The van der Waals surface area contributed by atoms with Crippen LogP contribution in [0.1, 0.15) is 48.5 Å². The minimum Gasteiger partial charge on any atom is -0.496 e. The molecule has 0 unspecified atom stereocenters. The standard InChI is InChI=1S/C33H41N3O6/c1-22-18-26(42-17-9-16-36-14-7-6-8-15-36)11-13-29(22)35-33(38)34-25-20-28(32(41-5)31(21-25)40-4)24-10-12-27(23(2)37)30(19-24)39-3/h10-13,18-21H,6-9,14-17H2,1-5H3,(H2,34,35,38). The molecule has 1 aliphatic rings. The summed E-state index contributed by atoms with van der Waals surface area (Å²) in [5.74, 6) is 2.06. The Morgan fingerprint density at radius 3 is 2.29 bits per heavy atom. The molecule has 0 aromatic heterocycles. The van der Waals surface area contributed by atoms with Gasteiger partial charge in [-0.25, -0.2) is 4.79 Å². The van der Waals surface area contributed by atoms with E-state index in [4.69, 9.17) is 18.9 Å². The van der Waals surface area contributed by atoms with Gasteiger partial charge in [-0.2, -0.15) is 0 Å². The van der Waals surface area contributed by atoms with Crippen LogP contribution < -0.4 is 29.6 Å². The molecule has 0 radical (unpaired) electrons. The number of likely N-dealkylation sites (tertiary alicyclic amines) is 1. The van der Waals surface area contributed by atoms with Crippen molar-refractivity contribution >= 4 is 23.2 Å². The van der Waals surface area contributed by atoms with Gasteiger partial charge in [-0.05, 0) is 93.7 Å². The highest BCUT2D eigenvalue weighted by Gasteiger charge is 2.18. The Morgan fingerprint density at radius 1 is 0.857 bits per heavy atom. The average Bonchev–Trinajstić information content (AvgIpc) is 3.00. The summed E-state index contributed by atoms with van der Waals surface area (Å²) in [6.45, 7) is 7.53. The number of hydrogen-bond donors (Lipinski definition) is 2. The summed E-state index contributed by atoms with van der Waals surface area (Å²) in [6.07, 6.45) is 4.91. The number of nitrogens with one attached hydrogen (secondary N) is 2. The van der Waals surface area contributed by atoms with Crippen molar-refractivity contribution in [1.29, 1.82) is 0 Å². The van der Waals surface area contributed by atoms with Crippen molar-refractivity contribution in [3.8, 4) is 34.1 Å². The van der Waals surface area contributed by atoms with Crippen LogP contribution in [0.15, 0.2) is 48.5 Å². The van der Waals surface area contributed by atoms with E-state index in [1.807, 2.05) is 25.1 Å². The molecule has 4 rings (SSSR count). The van der Waals surface area contributed by atoms with E-state index in [1.165, 1.54) is 53.5 Å².